The molecule has 1 heterocycles. The SMILES string of the molecule is OC(c1cc(F)ccc1Cl)C1CCCCO1. The molecule has 1 aliphatic heterocycles. The van der Waals surface area contributed by atoms with Gasteiger partial charge in [0, 0.05) is 17.2 Å². The van der Waals surface area contributed by atoms with Crippen LogP contribution in [0.2, 0.25) is 5.02 Å². The lowest BCUT2D eigenvalue weighted by atomic mass is 9.98. The molecule has 0 radical (unpaired) electrons. The molecular formula is C12H14ClFO2. The van der Waals surface area contributed by atoms with Crippen LogP contribution >= 0.6 is 11.6 Å². The van der Waals surface area contributed by atoms with Gasteiger partial charge in [0.2, 0.25) is 0 Å². The Kier molecular flexibility index (Phi) is 3.79. The summed E-state index contributed by atoms with van der Waals surface area (Å²) in [6, 6.07) is 4.00. The van der Waals surface area contributed by atoms with Crippen molar-refractivity contribution < 1.29 is 14.2 Å². The van der Waals surface area contributed by atoms with Crippen LogP contribution in [-0.4, -0.2) is 17.8 Å². The maximum atomic E-state index is 13.1. The van der Waals surface area contributed by atoms with Crippen LogP contribution < -0.4 is 0 Å². The second-order valence-electron chi connectivity index (χ2n) is 4.02. The summed E-state index contributed by atoms with van der Waals surface area (Å²) in [7, 11) is 0. The minimum absolute atomic E-state index is 0.270. The molecule has 16 heavy (non-hydrogen) atoms. The molecule has 0 aromatic heterocycles. The molecular weight excluding hydrogens is 231 g/mol. The first-order chi connectivity index (χ1) is 7.68. The summed E-state index contributed by atoms with van der Waals surface area (Å²) in [6.45, 7) is 0.647. The predicted octanol–water partition coefficient (Wildman–Crippen LogP) is 3.08. The number of rotatable bonds is 2. The van der Waals surface area contributed by atoms with E-state index in [2.05, 4.69) is 0 Å². The van der Waals surface area contributed by atoms with Crippen LogP contribution in [0.4, 0.5) is 4.39 Å². The maximum absolute atomic E-state index is 13.1. The molecule has 0 spiro atoms. The predicted molar refractivity (Wildman–Crippen MR) is 60.0 cm³/mol. The molecule has 1 N–H and O–H groups in total. The fraction of sp³-hybridized carbons (Fsp3) is 0.500. The van der Waals surface area contributed by atoms with Gasteiger partial charge in [0.1, 0.15) is 11.9 Å². The van der Waals surface area contributed by atoms with Gasteiger partial charge < -0.3 is 9.84 Å². The molecule has 1 fully saturated rings. The number of hydrogen-bond acceptors (Lipinski definition) is 2. The van der Waals surface area contributed by atoms with E-state index in [-0.39, 0.29) is 6.10 Å². The van der Waals surface area contributed by atoms with Gasteiger partial charge >= 0.3 is 0 Å². The van der Waals surface area contributed by atoms with Gasteiger partial charge in [-0.25, -0.2) is 4.39 Å². The van der Waals surface area contributed by atoms with Gasteiger partial charge in [-0.2, -0.15) is 0 Å². The van der Waals surface area contributed by atoms with Gasteiger partial charge in [0.05, 0.1) is 6.10 Å². The van der Waals surface area contributed by atoms with Crippen molar-refractivity contribution in [3.05, 3.63) is 34.6 Å². The molecule has 4 heteroatoms. The molecule has 2 rings (SSSR count). The van der Waals surface area contributed by atoms with E-state index in [0.29, 0.717) is 17.2 Å². The lowest BCUT2D eigenvalue weighted by Gasteiger charge is -2.27. The molecule has 0 saturated carbocycles. The molecule has 0 bridgehead atoms. The quantitative estimate of drug-likeness (QED) is 0.866. The number of aliphatic hydroxyl groups is 1. The van der Waals surface area contributed by atoms with Crippen LogP contribution in [0, 0.1) is 5.82 Å². The largest absolute Gasteiger partial charge is 0.386 e. The van der Waals surface area contributed by atoms with E-state index in [0.717, 1.165) is 19.3 Å². The minimum Gasteiger partial charge on any atom is -0.386 e. The van der Waals surface area contributed by atoms with E-state index in [9.17, 15) is 9.50 Å². The van der Waals surface area contributed by atoms with Crippen molar-refractivity contribution in [3.63, 3.8) is 0 Å². The third-order valence-electron chi connectivity index (χ3n) is 2.84. The maximum Gasteiger partial charge on any atom is 0.123 e. The number of ether oxygens (including phenoxy) is 1. The number of benzene rings is 1. The van der Waals surface area contributed by atoms with E-state index in [1.165, 1.54) is 18.2 Å². The van der Waals surface area contributed by atoms with Crippen LogP contribution in [0.15, 0.2) is 18.2 Å². The van der Waals surface area contributed by atoms with Crippen molar-refractivity contribution >= 4 is 11.6 Å². The topological polar surface area (TPSA) is 29.5 Å². The van der Waals surface area contributed by atoms with Gasteiger partial charge in [-0.3, -0.25) is 0 Å². The van der Waals surface area contributed by atoms with Crippen LogP contribution in [0.25, 0.3) is 0 Å². The van der Waals surface area contributed by atoms with Gasteiger partial charge in [-0.05, 0) is 37.5 Å². The van der Waals surface area contributed by atoms with Crippen LogP contribution in [-0.2, 0) is 4.74 Å². The first-order valence-corrected chi connectivity index (χ1v) is 5.81. The molecule has 1 aromatic carbocycles. The molecule has 2 nitrogen and oxygen atoms in total. The lowest BCUT2D eigenvalue weighted by Crippen LogP contribution is -2.26. The molecule has 2 unspecified atom stereocenters. The third-order valence-corrected chi connectivity index (χ3v) is 3.19. The Morgan fingerprint density at radius 2 is 2.25 bits per heavy atom. The highest BCUT2D eigenvalue weighted by Crippen LogP contribution is 2.31. The zero-order chi connectivity index (χ0) is 11.5. The Balaban J connectivity index is 2.18. The summed E-state index contributed by atoms with van der Waals surface area (Å²) in [5.74, 6) is -0.394. The van der Waals surface area contributed by atoms with Crippen molar-refractivity contribution in [2.24, 2.45) is 0 Å². The highest BCUT2D eigenvalue weighted by molar-refractivity contribution is 6.31. The smallest absolute Gasteiger partial charge is 0.123 e. The number of halogens is 2. The van der Waals surface area contributed by atoms with Crippen molar-refractivity contribution in [2.75, 3.05) is 6.61 Å². The first-order valence-electron chi connectivity index (χ1n) is 5.43. The Morgan fingerprint density at radius 3 is 2.94 bits per heavy atom. The fourth-order valence-electron chi connectivity index (χ4n) is 1.96. The minimum atomic E-state index is -0.844. The number of hydrogen-bond donors (Lipinski definition) is 1. The van der Waals surface area contributed by atoms with E-state index >= 15 is 0 Å². The first kappa shape index (κ1) is 11.8. The highest BCUT2D eigenvalue weighted by atomic mass is 35.5. The molecule has 2 atom stereocenters. The van der Waals surface area contributed by atoms with Crippen molar-refractivity contribution in [3.8, 4) is 0 Å². The van der Waals surface area contributed by atoms with Gasteiger partial charge in [0.15, 0.2) is 0 Å². The van der Waals surface area contributed by atoms with Crippen molar-refractivity contribution in [1.82, 2.24) is 0 Å². The standard InChI is InChI=1S/C12H14ClFO2/c13-10-5-4-8(14)7-9(10)12(15)11-3-1-2-6-16-11/h4-5,7,11-12,15H,1-3,6H2. The van der Waals surface area contributed by atoms with Gasteiger partial charge in [-0.15, -0.1) is 0 Å². The fourth-order valence-corrected chi connectivity index (χ4v) is 2.19. The van der Waals surface area contributed by atoms with E-state index in [4.69, 9.17) is 16.3 Å². The van der Waals surface area contributed by atoms with E-state index < -0.39 is 11.9 Å². The molecule has 1 aliphatic rings. The summed E-state index contributed by atoms with van der Waals surface area (Å²) in [5.41, 5.74) is 0.411. The monoisotopic (exact) mass is 244 g/mol. The summed E-state index contributed by atoms with van der Waals surface area (Å²) >= 11 is 5.93. The average molecular weight is 245 g/mol. The second-order valence-corrected chi connectivity index (χ2v) is 4.42. The molecule has 0 aliphatic carbocycles. The summed E-state index contributed by atoms with van der Waals surface area (Å²) in [4.78, 5) is 0. The summed E-state index contributed by atoms with van der Waals surface area (Å²) in [5, 5.41) is 10.5. The summed E-state index contributed by atoms with van der Waals surface area (Å²) in [6.07, 6.45) is 1.71. The molecule has 1 aromatic rings. The zero-order valence-electron chi connectivity index (χ0n) is 8.83. The average Bonchev–Trinajstić information content (AvgIpc) is 2.32. The van der Waals surface area contributed by atoms with Crippen molar-refractivity contribution in [1.29, 1.82) is 0 Å². The third kappa shape index (κ3) is 2.54. The molecule has 88 valence electrons. The Labute approximate surface area is 99.0 Å². The molecule has 1 saturated heterocycles. The Hall–Kier alpha value is -0.640. The lowest BCUT2D eigenvalue weighted by molar-refractivity contribution is -0.0633. The Bertz CT molecular complexity index is 364. The van der Waals surface area contributed by atoms with Gasteiger partial charge in [0.25, 0.3) is 0 Å². The van der Waals surface area contributed by atoms with Crippen LogP contribution in [0.5, 0.6) is 0 Å². The highest BCUT2D eigenvalue weighted by Gasteiger charge is 2.25. The van der Waals surface area contributed by atoms with E-state index in [1.54, 1.807) is 0 Å². The number of aliphatic hydroxyl groups excluding tert-OH is 1. The Morgan fingerprint density at radius 1 is 1.44 bits per heavy atom. The van der Waals surface area contributed by atoms with E-state index in [1.807, 2.05) is 0 Å². The normalized spacial score (nSPS) is 23.1. The van der Waals surface area contributed by atoms with Crippen LogP contribution in [0.1, 0.15) is 30.9 Å². The molecule has 0 amide bonds. The summed E-state index contributed by atoms with van der Waals surface area (Å²) < 4.78 is 18.5. The second kappa shape index (κ2) is 5.13. The zero-order valence-corrected chi connectivity index (χ0v) is 9.58. The van der Waals surface area contributed by atoms with Crippen LogP contribution in [0.3, 0.4) is 0 Å². The van der Waals surface area contributed by atoms with Gasteiger partial charge in [-0.1, -0.05) is 11.6 Å². The van der Waals surface area contributed by atoms with Crippen molar-refractivity contribution in [2.45, 2.75) is 31.5 Å².